The molecule has 0 aliphatic carbocycles. The molecule has 10 heteroatoms. The molecule has 1 radical (unpaired) electrons. The second-order valence-electron chi connectivity index (χ2n) is 0.989. The molecule has 0 saturated heterocycles. The van der Waals surface area contributed by atoms with Gasteiger partial charge in [0.1, 0.15) is 0 Å². The van der Waals surface area contributed by atoms with Gasteiger partial charge in [0.2, 0.25) is 0 Å². The van der Waals surface area contributed by atoms with E-state index >= 15 is 0 Å². The summed E-state index contributed by atoms with van der Waals surface area (Å²) in [6.45, 7) is 0. The predicted octanol–water partition coefficient (Wildman–Crippen LogP) is 0.0230. The van der Waals surface area contributed by atoms with Crippen LogP contribution in [0.2, 0.25) is 0 Å². The van der Waals surface area contributed by atoms with Gasteiger partial charge in [0.15, 0.2) is 0 Å². The summed E-state index contributed by atoms with van der Waals surface area (Å²) in [5.74, 6) is 0. The van der Waals surface area contributed by atoms with E-state index in [-0.39, 0.29) is 18.9 Å². The van der Waals surface area contributed by atoms with Gasteiger partial charge in [-0.05, 0) is 0 Å². The molecule has 0 fully saturated rings. The second-order valence-corrected chi connectivity index (χ2v) is 2.47. The molecule has 0 aromatic heterocycles. The van der Waals surface area contributed by atoms with E-state index in [1.54, 1.807) is 0 Å². The van der Waals surface area contributed by atoms with Crippen LogP contribution >= 0.6 is 0 Å². The van der Waals surface area contributed by atoms with Gasteiger partial charge < -0.3 is 0 Å². The van der Waals surface area contributed by atoms with E-state index in [1.165, 1.54) is 0 Å². The molecule has 0 aliphatic rings. The van der Waals surface area contributed by atoms with Crippen molar-refractivity contribution in [3.63, 3.8) is 0 Å². The van der Waals surface area contributed by atoms with Gasteiger partial charge in [-0.2, -0.15) is 8.42 Å². The molecule has 0 heterocycles. The Morgan fingerprint density at radius 1 is 1.08 bits per heavy atom. The Balaban J connectivity index is -0.000000142. The van der Waals surface area contributed by atoms with Crippen molar-refractivity contribution in [1.29, 1.82) is 0 Å². The van der Waals surface area contributed by atoms with Gasteiger partial charge in [0.05, 0.1) is 14.2 Å². The maximum atomic E-state index is 9.92. The molecule has 4 nitrogen and oxygen atoms in total. The van der Waals surface area contributed by atoms with Gasteiger partial charge in [-0.15, -0.1) is 0 Å². The first kappa shape index (κ1) is 18.2. The molecule has 0 aromatic carbocycles. The van der Waals surface area contributed by atoms with Crippen LogP contribution in [-0.4, -0.2) is 49.0 Å². The third-order valence-corrected chi connectivity index (χ3v) is 1.22. The van der Waals surface area contributed by atoms with Crippen LogP contribution in [0.25, 0.3) is 0 Å². The van der Waals surface area contributed by atoms with E-state index in [0.29, 0.717) is 0 Å². The van der Waals surface area contributed by atoms with Crippen LogP contribution in [0.3, 0.4) is 0 Å². The summed E-state index contributed by atoms with van der Waals surface area (Å²) in [7, 11) is -5.27. The van der Waals surface area contributed by atoms with Crippen molar-refractivity contribution in [3.8, 4) is 0 Å². The van der Waals surface area contributed by atoms with Crippen LogP contribution in [-0.2, 0) is 18.8 Å². The van der Waals surface area contributed by atoms with Crippen molar-refractivity contribution < 1.29 is 29.7 Å². The summed E-state index contributed by atoms with van der Waals surface area (Å²) < 4.78 is 56.5. The van der Waals surface area contributed by atoms with Crippen molar-refractivity contribution in [3.05, 3.63) is 0 Å². The second kappa shape index (κ2) is 9.41. The SMILES string of the molecule is COS(=O)(=O)OC.FB(F)F.[Li]. The molecule has 0 unspecified atom stereocenters. The third-order valence-electron chi connectivity index (χ3n) is 0.408. The first-order chi connectivity index (χ1) is 4.85. The Labute approximate surface area is 81.1 Å². The minimum Gasteiger partial charge on any atom is -0.254 e. The molecule has 0 atom stereocenters. The van der Waals surface area contributed by atoms with E-state index in [9.17, 15) is 21.4 Å². The van der Waals surface area contributed by atoms with Crippen molar-refractivity contribution in [2.75, 3.05) is 14.2 Å². The largest absolute Gasteiger partial charge is 0.762 e. The van der Waals surface area contributed by atoms with Gasteiger partial charge in [0, 0.05) is 18.9 Å². The van der Waals surface area contributed by atoms with E-state index < -0.39 is 17.9 Å². The Hall–Kier alpha value is 0.322. The molecule has 0 rings (SSSR count). The number of hydrogen-bond donors (Lipinski definition) is 0. The van der Waals surface area contributed by atoms with Crippen molar-refractivity contribution in [2.24, 2.45) is 0 Å². The van der Waals surface area contributed by atoms with Crippen molar-refractivity contribution in [1.82, 2.24) is 0 Å². The van der Waals surface area contributed by atoms with Crippen LogP contribution in [0.5, 0.6) is 0 Å². The first-order valence-electron chi connectivity index (χ1n) is 2.14. The Morgan fingerprint density at radius 2 is 1.25 bits per heavy atom. The molecule has 69 valence electrons. The maximum Gasteiger partial charge on any atom is 0.762 e. The predicted molar refractivity (Wildman–Crippen MR) is 37.8 cm³/mol. The first-order valence-corrected chi connectivity index (χ1v) is 3.47. The van der Waals surface area contributed by atoms with Crippen molar-refractivity contribution in [2.45, 2.75) is 0 Å². The zero-order valence-electron chi connectivity index (χ0n) is 6.75. The van der Waals surface area contributed by atoms with Gasteiger partial charge >= 0.3 is 17.9 Å². The summed E-state index contributed by atoms with van der Waals surface area (Å²) in [5, 5.41) is 0. The van der Waals surface area contributed by atoms with Crippen LogP contribution in [0.4, 0.5) is 12.9 Å². The zero-order valence-corrected chi connectivity index (χ0v) is 7.57. The van der Waals surface area contributed by atoms with E-state index in [0.717, 1.165) is 14.2 Å². The van der Waals surface area contributed by atoms with Crippen LogP contribution in [0, 0.1) is 0 Å². The number of hydrogen-bond acceptors (Lipinski definition) is 4. The average molecular weight is 201 g/mol. The Kier molecular flexibility index (Phi) is 14.3. The standard InChI is InChI=1S/C2H6O4S.BF3.Li/c1-5-7(3,4)6-2;2-1(3)4;/h1-2H3;;. The summed E-state index contributed by atoms with van der Waals surface area (Å²) in [6.07, 6.45) is 0. The fourth-order valence-corrected chi connectivity index (χ4v) is 0.204. The minimum absolute atomic E-state index is 0. The molecule has 0 spiro atoms. The Bertz CT molecular complexity index is 160. The van der Waals surface area contributed by atoms with Gasteiger partial charge in [-0.1, -0.05) is 0 Å². The van der Waals surface area contributed by atoms with Crippen LogP contribution < -0.4 is 0 Å². The van der Waals surface area contributed by atoms with Crippen molar-refractivity contribution >= 4 is 36.8 Å². The summed E-state index contributed by atoms with van der Waals surface area (Å²) in [4.78, 5) is 0. The quantitative estimate of drug-likeness (QED) is 0.591. The van der Waals surface area contributed by atoms with E-state index in [1.807, 2.05) is 0 Å². The molecular weight excluding hydrogens is 195 g/mol. The zero-order chi connectivity index (χ0) is 9.49. The minimum atomic E-state index is -3.67. The molecule has 0 N–H and O–H groups in total. The maximum absolute atomic E-state index is 9.92. The fourth-order valence-electron chi connectivity index (χ4n) is 0.0680. The number of rotatable bonds is 2. The molecule has 0 aromatic rings. The average Bonchev–Trinajstić information content (AvgIpc) is 1.87. The van der Waals surface area contributed by atoms with Crippen LogP contribution in [0.1, 0.15) is 0 Å². The monoisotopic (exact) mass is 201 g/mol. The summed E-state index contributed by atoms with van der Waals surface area (Å²) in [5.41, 5.74) is 0. The summed E-state index contributed by atoms with van der Waals surface area (Å²) in [6, 6.07) is 0. The number of halogens is 3. The molecular formula is C2H6BF3LiO4S. The molecule has 0 saturated carbocycles. The molecule has 0 bridgehead atoms. The topological polar surface area (TPSA) is 52.6 Å². The van der Waals surface area contributed by atoms with Gasteiger partial charge in [0.25, 0.3) is 0 Å². The smallest absolute Gasteiger partial charge is 0.254 e. The van der Waals surface area contributed by atoms with Gasteiger partial charge in [-0.25, -0.2) is 0 Å². The molecule has 12 heavy (non-hydrogen) atoms. The third kappa shape index (κ3) is 22.4. The van der Waals surface area contributed by atoms with E-state index in [2.05, 4.69) is 8.37 Å². The van der Waals surface area contributed by atoms with Gasteiger partial charge in [-0.3, -0.25) is 21.3 Å². The van der Waals surface area contributed by atoms with E-state index in [4.69, 9.17) is 0 Å². The van der Waals surface area contributed by atoms with Crippen LogP contribution in [0.15, 0.2) is 0 Å². The Morgan fingerprint density at radius 3 is 1.25 bits per heavy atom. The molecule has 0 amide bonds. The fraction of sp³-hybridized carbons (Fsp3) is 1.00. The summed E-state index contributed by atoms with van der Waals surface area (Å²) >= 11 is 0. The normalized spacial score (nSPS) is 9.08. The molecule has 0 aliphatic heterocycles.